The highest BCUT2D eigenvalue weighted by atomic mass is 19.1. The Kier molecular flexibility index (Phi) is 2.10. The van der Waals surface area contributed by atoms with Crippen LogP contribution in [0.1, 0.15) is 17.7 Å². The maximum Gasteiger partial charge on any atom is 0.133 e. The van der Waals surface area contributed by atoms with Crippen LogP contribution in [0, 0.1) is 0 Å². The van der Waals surface area contributed by atoms with Crippen LogP contribution in [-0.2, 0) is 0 Å². The van der Waals surface area contributed by atoms with Crippen molar-refractivity contribution in [2.45, 2.75) is 12.5 Å². The first kappa shape index (κ1) is 10.8. The molecule has 3 aliphatic rings. The van der Waals surface area contributed by atoms with Crippen molar-refractivity contribution < 1.29 is 4.39 Å². The monoisotopic (exact) mass is 255 g/mol. The molecule has 0 spiro atoms. The van der Waals surface area contributed by atoms with Crippen LogP contribution in [0.4, 0.5) is 4.39 Å². The Morgan fingerprint density at radius 1 is 1.47 bits per heavy atom. The van der Waals surface area contributed by atoms with Gasteiger partial charge in [-0.1, -0.05) is 0 Å². The number of rotatable bonds is 0. The van der Waals surface area contributed by atoms with Crippen molar-refractivity contribution >= 4 is 11.5 Å². The summed E-state index contributed by atoms with van der Waals surface area (Å²) in [5.41, 5.74) is 4.45. The molecule has 96 valence electrons. The molecule has 0 saturated carbocycles. The van der Waals surface area contributed by atoms with E-state index in [0.717, 1.165) is 29.9 Å². The Morgan fingerprint density at radius 2 is 2.37 bits per heavy atom. The standard InChI is InChI=1S/C15H14FN3/c1-19-8-9-7-11(16)10-3-2-5-17-14(10)15-13(9)12(19)4-6-18-15/h2-3,5,7-8,12,18H,4,6H2,1H3. The number of nitrogens with zero attached hydrogens (tertiary/aromatic N) is 2. The summed E-state index contributed by atoms with van der Waals surface area (Å²) in [5.74, 6) is -0.209. The Labute approximate surface area is 111 Å². The predicted octanol–water partition coefficient (Wildman–Crippen LogP) is 2.31. The van der Waals surface area contributed by atoms with E-state index < -0.39 is 0 Å². The van der Waals surface area contributed by atoms with Crippen LogP contribution in [0.2, 0.25) is 0 Å². The topological polar surface area (TPSA) is 28.2 Å². The second-order valence-electron chi connectivity index (χ2n) is 5.16. The largest absolute Gasteiger partial charge is 0.383 e. The number of fused-ring (bicyclic) bond motifs is 2. The lowest BCUT2D eigenvalue weighted by Gasteiger charge is -2.29. The Bertz CT molecular complexity index is 657. The first-order chi connectivity index (χ1) is 9.25. The smallest absolute Gasteiger partial charge is 0.133 e. The van der Waals surface area contributed by atoms with Crippen LogP contribution >= 0.6 is 0 Å². The van der Waals surface area contributed by atoms with Gasteiger partial charge in [0.05, 0.1) is 17.4 Å². The van der Waals surface area contributed by atoms with E-state index in [9.17, 15) is 4.39 Å². The Morgan fingerprint density at radius 3 is 3.26 bits per heavy atom. The Hall–Kier alpha value is -2.10. The summed E-state index contributed by atoms with van der Waals surface area (Å²) in [7, 11) is 2.05. The van der Waals surface area contributed by atoms with E-state index >= 15 is 0 Å². The van der Waals surface area contributed by atoms with Gasteiger partial charge in [0, 0.05) is 42.7 Å². The zero-order valence-corrected chi connectivity index (χ0v) is 10.7. The van der Waals surface area contributed by atoms with Crippen molar-refractivity contribution in [1.82, 2.24) is 15.2 Å². The minimum Gasteiger partial charge on any atom is -0.383 e. The first-order valence-corrected chi connectivity index (χ1v) is 6.51. The van der Waals surface area contributed by atoms with Crippen molar-refractivity contribution in [1.29, 1.82) is 0 Å². The third-order valence-electron chi connectivity index (χ3n) is 4.05. The van der Waals surface area contributed by atoms with Crippen molar-refractivity contribution in [3.8, 4) is 0 Å². The molecule has 4 heteroatoms. The molecule has 1 unspecified atom stereocenters. The third kappa shape index (κ3) is 1.40. The number of likely N-dealkylation sites (N-methyl/N-ethyl adjacent to an activating group) is 1. The van der Waals surface area contributed by atoms with Crippen molar-refractivity contribution in [2.75, 3.05) is 13.6 Å². The van der Waals surface area contributed by atoms with E-state index in [1.807, 2.05) is 13.2 Å². The second-order valence-corrected chi connectivity index (χ2v) is 5.16. The average molecular weight is 255 g/mol. The summed E-state index contributed by atoms with van der Waals surface area (Å²) < 4.78 is 14.4. The number of halogens is 1. The van der Waals surface area contributed by atoms with Crippen LogP contribution < -0.4 is 5.32 Å². The van der Waals surface area contributed by atoms with Crippen molar-refractivity contribution in [3.63, 3.8) is 0 Å². The second kappa shape index (κ2) is 3.70. The van der Waals surface area contributed by atoms with Gasteiger partial charge < -0.3 is 10.2 Å². The molecule has 0 bridgehead atoms. The SMILES string of the molecule is CN1C=C2C=C(F)c3cccnc3C3=C2C1CCN3. The number of pyridine rings is 1. The highest BCUT2D eigenvalue weighted by molar-refractivity contribution is 5.85. The molecule has 0 aromatic carbocycles. The molecule has 1 aromatic heterocycles. The fourth-order valence-electron chi connectivity index (χ4n) is 3.20. The molecule has 4 rings (SSSR count). The molecule has 0 saturated heterocycles. The maximum absolute atomic E-state index is 14.4. The number of hydrogen-bond donors (Lipinski definition) is 1. The molecular weight excluding hydrogens is 241 g/mol. The summed E-state index contributed by atoms with van der Waals surface area (Å²) in [6.07, 6.45) is 6.41. The van der Waals surface area contributed by atoms with E-state index in [1.165, 1.54) is 5.57 Å². The summed E-state index contributed by atoms with van der Waals surface area (Å²) in [6.45, 7) is 0.895. The molecule has 19 heavy (non-hydrogen) atoms. The Balaban J connectivity index is 2.04. The van der Waals surface area contributed by atoms with E-state index in [2.05, 4.69) is 15.2 Å². The first-order valence-electron chi connectivity index (χ1n) is 6.51. The van der Waals surface area contributed by atoms with Gasteiger partial charge in [-0.3, -0.25) is 4.98 Å². The lowest BCUT2D eigenvalue weighted by Crippen LogP contribution is -2.35. The molecule has 3 heterocycles. The average Bonchev–Trinajstić information content (AvgIpc) is 2.69. The van der Waals surface area contributed by atoms with Gasteiger partial charge in [0.2, 0.25) is 0 Å². The van der Waals surface area contributed by atoms with Crippen LogP contribution in [0.3, 0.4) is 0 Å². The normalized spacial score (nSPS) is 24.1. The number of aromatic nitrogens is 1. The van der Waals surface area contributed by atoms with Gasteiger partial charge in [-0.05, 0) is 24.6 Å². The van der Waals surface area contributed by atoms with Gasteiger partial charge in [-0.2, -0.15) is 0 Å². The number of allylic oxidation sites excluding steroid dienone is 1. The summed E-state index contributed by atoms with van der Waals surface area (Å²) in [5, 5.41) is 3.41. The zero-order chi connectivity index (χ0) is 13.0. The van der Waals surface area contributed by atoms with Gasteiger partial charge in [0.1, 0.15) is 5.83 Å². The van der Waals surface area contributed by atoms with Crippen molar-refractivity contribution in [2.24, 2.45) is 0 Å². The highest BCUT2D eigenvalue weighted by Crippen LogP contribution is 2.41. The minimum absolute atomic E-state index is 0.209. The molecule has 2 aliphatic heterocycles. The van der Waals surface area contributed by atoms with Crippen LogP contribution in [0.15, 0.2) is 41.8 Å². The zero-order valence-electron chi connectivity index (χ0n) is 10.7. The van der Waals surface area contributed by atoms with Gasteiger partial charge >= 0.3 is 0 Å². The van der Waals surface area contributed by atoms with Crippen molar-refractivity contribution in [3.05, 3.63) is 53.0 Å². The predicted molar refractivity (Wildman–Crippen MR) is 72.5 cm³/mol. The fourth-order valence-corrected chi connectivity index (χ4v) is 3.20. The number of nitrogens with one attached hydrogen (secondary N) is 1. The van der Waals surface area contributed by atoms with Gasteiger partial charge in [-0.15, -0.1) is 0 Å². The van der Waals surface area contributed by atoms with Crippen LogP contribution in [-0.4, -0.2) is 29.5 Å². The quantitative estimate of drug-likeness (QED) is 0.771. The van der Waals surface area contributed by atoms with Crippen LogP contribution in [0.5, 0.6) is 0 Å². The molecule has 1 aliphatic carbocycles. The van der Waals surface area contributed by atoms with E-state index in [4.69, 9.17) is 0 Å². The van der Waals surface area contributed by atoms with Crippen LogP contribution in [0.25, 0.3) is 11.5 Å². The molecule has 0 amide bonds. The highest BCUT2D eigenvalue weighted by Gasteiger charge is 2.35. The molecule has 0 fully saturated rings. The molecule has 1 aromatic rings. The lowest BCUT2D eigenvalue weighted by atomic mass is 9.93. The molecule has 3 nitrogen and oxygen atoms in total. The fraction of sp³-hybridized carbons (Fsp3) is 0.267. The van der Waals surface area contributed by atoms with Gasteiger partial charge in [0.25, 0.3) is 0 Å². The summed E-state index contributed by atoms with van der Waals surface area (Å²) in [6, 6.07) is 3.90. The van der Waals surface area contributed by atoms with Gasteiger partial charge in [-0.25, -0.2) is 4.39 Å². The molecule has 1 N–H and O–H groups in total. The van der Waals surface area contributed by atoms with E-state index in [1.54, 1.807) is 24.4 Å². The summed E-state index contributed by atoms with van der Waals surface area (Å²) >= 11 is 0. The van der Waals surface area contributed by atoms with E-state index in [0.29, 0.717) is 11.6 Å². The minimum atomic E-state index is -0.209. The molecule has 0 radical (unpaired) electrons. The molecular formula is C15H14FN3. The van der Waals surface area contributed by atoms with E-state index in [-0.39, 0.29) is 5.83 Å². The molecule has 1 atom stereocenters. The van der Waals surface area contributed by atoms with Gasteiger partial charge in [0.15, 0.2) is 0 Å². The lowest BCUT2D eigenvalue weighted by molar-refractivity contribution is 0.366. The number of hydrogen-bond acceptors (Lipinski definition) is 3. The summed E-state index contributed by atoms with van der Waals surface area (Å²) in [4.78, 5) is 6.56. The third-order valence-corrected chi connectivity index (χ3v) is 4.05. The maximum atomic E-state index is 14.4.